The van der Waals surface area contributed by atoms with Crippen LogP contribution in [0, 0.1) is 6.92 Å². The van der Waals surface area contributed by atoms with Crippen LogP contribution in [-0.4, -0.2) is 36.1 Å². The van der Waals surface area contributed by atoms with E-state index >= 15 is 0 Å². The first-order valence-electron chi connectivity index (χ1n) is 8.65. The van der Waals surface area contributed by atoms with E-state index in [-0.39, 0.29) is 0 Å². The first-order chi connectivity index (χ1) is 12.2. The van der Waals surface area contributed by atoms with Crippen molar-refractivity contribution < 1.29 is 0 Å². The number of fused-ring (bicyclic) bond motifs is 1. The molecular formula is C19H21ClN4S. The Kier molecular flexibility index (Phi) is 4.52. The minimum atomic E-state index is 0.797. The van der Waals surface area contributed by atoms with Crippen LogP contribution >= 0.6 is 22.9 Å². The summed E-state index contributed by atoms with van der Waals surface area (Å²) in [6.45, 7) is 8.17. The van der Waals surface area contributed by atoms with E-state index in [1.54, 1.807) is 17.7 Å². The molecule has 0 amide bonds. The van der Waals surface area contributed by atoms with Gasteiger partial charge in [0.2, 0.25) is 0 Å². The molecule has 25 heavy (non-hydrogen) atoms. The largest absolute Gasteiger partial charge is 0.368 e. The molecule has 1 aromatic carbocycles. The average molecular weight is 373 g/mol. The maximum absolute atomic E-state index is 6.19. The first kappa shape index (κ1) is 16.6. The van der Waals surface area contributed by atoms with E-state index in [1.807, 2.05) is 6.07 Å². The van der Waals surface area contributed by atoms with Gasteiger partial charge in [-0.1, -0.05) is 24.6 Å². The molecular weight excluding hydrogens is 352 g/mol. The molecule has 1 fully saturated rings. The van der Waals surface area contributed by atoms with Crippen LogP contribution in [0.15, 0.2) is 30.6 Å². The summed E-state index contributed by atoms with van der Waals surface area (Å²) in [7, 11) is 0. The van der Waals surface area contributed by atoms with Gasteiger partial charge >= 0.3 is 0 Å². The van der Waals surface area contributed by atoms with Gasteiger partial charge in [0, 0.05) is 41.8 Å². The van der Waals surface area contributed by atoms with Crippen molar-refractivity contribution in [3.05, 3.63) is 46.1 Å². The molecule has 0 N–H and O–H groups in total. The lowest BCUT2D eigenvalue weighted by Crippen LogP contribution is -2.47. The molecule has 1 aliphatic rings. The fraction of sp³-hybridized carbons (Fsp3) is 0.368. The van der Waals surface area contributed by atoms with Gasteiger partial charge in [-0.2, -0.15) is 0 Å². The lowest BCUT2D eigenvalue weighted by atomic mass is 10.1. The second-order valence-electron chi connectivity index (χ2n) is 6.39. The topological polar surface area (TPSA) is 32.3 Å². The highest BCUT2D eigenvalue weighted by Gasteiger charge is 2.22. The molecule has 0 bridgehead atoms. The highest BCUT2D eigenvalue weighted by atomic mass is 35.5. The smallest absolute Gasteiger partial charge is 0.140 e. The van der Waals surface area contributed by atoms with E-state index in [9.17, 15) is 0 Å². The molecule has 130 valence electrons. The summed E-state index contributed by atoms with van der Waals surface area (Å²) in [5, 5.41) is 1.99. The van der Waals surface area contributed by atoms with E-state index < -0.39 is 0 Å². The molecule has 3 aromatic rings. The predicted octanol–water partition coefficient (Wildman–Crippen LogP) is 4.54. The van der Waals surface area contributed by atoms with E-state index in [4.69, 9.17) is 11.6 Å². The van der Waals surface area contributed by atoms with Gasteiger partial charge < -0.3 is 9.80 Å². The number of benzene rings is 1. The molecule has 3 heterocycles. The monoisotopic (exact) mass is 372 g/mol. The number of rotatable bonds is 3. The number of nitrogens with zero attached hydrogens (tertiary/aromatic N) is 4. The summed E-state index contributed by atoms with van der Waals surface area (Å²) in [6, 6.07) is 8.37. The molecule has 1 saturated heterocycles. The molecule has 2 aromatic heterocycles. The van der Waals surface area contributed by atoms with Gasteiger partial charge in [-0.3, -0.25) is 0 Å². The lowest BCUT2D eigenvalue weighted by Gasteiger charge is -2.37. The van der Waals surface area contributed by atoms with Crippen LogP contribution in [0.5, 0.6) is 0 Å². The van der Waals surface area contributed by atoms with Crippen molar-refractivity contribution in [3.8, 4) is 0 Å². The predicted molar refractivity (Wildman–Crippen MR) is 107 cm³/mol. The third kappa shape index (κ3) is 3.18. The molecule has 0 unspecified atom stereocenters. The standard InChI is InChI=1S/C19H21ClN4S/c1-3-15-11-16-18(21-12-22-19(16)25-15)24-8-6-23(7-9-24)17-10-14(20)5-4-13(17)2/h4-5,10-12H,3,6-9H2,1-2H3. The fourth-order valence-corrected chi connectivity index (χ4v) is 4.50. The highest BCUT2D eigenvalue weighted by molar-refractivity contribution is 7.18. The van der Waals surface area contributed by atoms with Gasteiger partial charge in [-0.25, -0.2) is 9.97 Å². The molecule has 0 radical (unpaired) electrons. The molecule has 0 saturated carbocycles. The van der Waals surface area contributed by atoms with Crippen molar-refractivity contribution in [2.45, 2.75) is 20.3 Å². The van der Waals surface area contributed by atoms with E-state index in [0.717, 1.165) is 48.3 Å². The maximum atomic E-state index is 6.19. The van der Waals surface area contributed by atoms with E-state index in [1.165, 1.54) is 21.5 Å². The van der Waals surface area contributed by atoms with Crippen molar-refractivity contribution in [2.75, 3.05) is 36.0 Å². The molecule has 0 spiro atoms. The third-order valence-electron chi connectivity index (χ3n) is 4.80. The van der Waals surface area contributed by atoms with Gasteiger partial charge in [0.1, 0.15) is 17.0 Å². The Morgan fingerprint density at radius 2 is 1.84 bits per heavy atom. The normalized spacial score (nSPS) is 15.2. The van der Waals surface area contributed by atoms with Crippen LogP contribution < -0.4 is 9.80 Å². The fourth-order valence-electron chi connectivity index (χ4n) is 3.40. The molecule has 0 aliphatic carbocycles. The van der Waals surface area contributed by atoms with Crippen molar-refractivity contribution in [1.29, 1.82) is 0 Å². The van der Waals surface area contributed by atoms with Crippen LogP contribution in [0.1, 0.15) is 17.4 Å². The van der Waals surface area contributed by atoms with Gasteiger partial charge in [-0.05, 0) is 37.1 Å². The lowest BCUT2D eigenvalue weighted by molar-refractivity contribution is 0.648. The van der Waals surface area contributed by atoms with Crippen LogP contribution in [0.4, 0.5) is 11.5 Å². The summed E-state index contributed by atoms with van der Waals surface area (Å²) in [5.74, 6) is 1.07. The molecule has 1 aliphatic heterocycles. The Labute approximate surface area is 157 Å². The second kappa shape index (κ2) is 6.81. The van der Waals surface area contributed by atoms with Crippen LogP contribution in [0.3, 0.4) is 0 Å². The number of aryl methyl sites for hydroxylation is 2. The number of halogens is 1. The van der Waals surface area contributed by atoms with Crippen molar-refractivity contribution in [1.82, 2.24) is 9.97 Å². The summed E-state index contributed by atoms with van der Waals surface area (Å²) < 4.78 is 0. The maximum Gasteiger partial charge on any atom is 0.140 e. The zero-order valence-electron chi connectivity index (χ0n) is 14.5. The minimum Gasteiger partial charge on any atom is -0.368 e. The summed E-state index contributed by atoms with van der Waals surface area (Å²) in [5.41, 5.74) is 2.51. The number of piperazine rings is 1. The number of hydrogen-bond acceptors (Lipinski definition) is 5. The van der Waals surface area contributed by atoms with Gasteiger partial charge in [0.25, 0.3) is 0 Å². The Morgan fingerprint density at radius 1 is 1.08 bits per heavy atom. The van der Waals surface area contributed by atoms with Crippen molar-refractivity contribution in [2.24, 2.45) is 0 Å². The average Bonchev–Trinajstić information content (AvgIpc) is 3.07. The Morgan fingerprint density at radius 3 is 2.60 bits per heavy atom. The molecule has 4 nitrogen and oxygen atoms in total. The number of aromatic nitrogens is 2. The second-order valence-corrected chi connectivity index (χ2v) is 7.94. The molecule has 6 heteroatoms. The number of anilines is 2. The SMILES string of the molecule is CCc1cc2c(N3CCN(c4cc(Cl)ccc4C)CC3)ncnc2s1. The molecule has 0 atom stereocenters. The van der Waals surface area contributed by atoms with Crippen LogP contribution in [-0.2, 0) is 6.42 Å². The summed E-state index contributed by atoms with van der Waals surface area (Å²) >= 11 is 7.96. The zero-order valence-corrected chi connectivity index (χ0v) is 16.1. The number of hydrogen-bond donors (Lipinski definition) is 0. The van der Waals surface area contributed by atoms with E-state index in [2.05, 4.69) is 51.8 Å². The molecule has 4 rings (SSSR count). The van der Waals surface area contributed by atoms with Crippen molar-refractivity contribution >= 4 is 44.7 Å². The van der Waals surface area contributed by atoms with Gasteiger partial charge in [-0.15, -0.1) is 11.3 Å². The summed E-state index contributed by atoms with van der Waals surface area (Å²) in [6.07, 6.45) is 2.74. The highest BCUT2D eigenvalue weighted by Crippen LogP contribution is 2.32. The quantitative estimate of drug-likeness (QED) is 0.675. The Balaban J connectivity index is 1.56. The van der Waals surface area contributed by atoms with E-state index in [0.29, 0.717) is 0 Å². The zero-order chi connectivity index (χ0) is 17.4. The van der Waals surface area contributed by atoms with Crippen LogP contribution in [0.2, 0.25) is 5.02 Å². The van der Waals surface area contributed by atoms with Gasteiger partial charge in [0.05, 0.1) is 5.39 Å². The number of thiophene rings is 1. The van der Waals surface area contributed by atoms with Crippen LogP contribution in [0.25, 0.3) is 10.2 Å². The Bertz CT molecular complexity index is 900. The van der Waals surface area contributed by atoms with Crippen molar-refractivity contribution in [3.63, 3.8) is 0 Å². The third-order valence-corrected chi connectivity index (χ3v) is 6.22. The summed E-state index contributed by atoms with van der Waals surface area (Å²) in [4.78, 5) is 16.3. The van der Waals surface area contributed by atoms with Gasteiger partial charge in [0.15, 0.2) is 0 Å². The first-order valence-corrected chi connectivity index (χ1v) is 9.84. The minimum absolute atomic E-state index is 0.797. The Hall–Kier alpha value is -1.85.